The zero-order valence-electron chi connectivity index (χ0n) is 31.6. The number of nitrogens with two attached hydrogens (primary N) is 1. The van der Waals surface area contributed by atoms with Crippen molar-refractivity contribution in [1.82, 2.24) is 5.32 Å². The van der Waals surface area contributed by atoms with Gasteiger partial charge in [0, 0.05) is 45.2 Å². The number of carbonyl (C=O) groups is 2. The van der Waals surface area contributed by atoms with E-state index in [4.69, 9.17) is 15.2 Å². The fourth-order valence-electron chi connectivity index (χ4n) is 4.86. The molecule has 2 aliphatic rings. The van der Waals surface area contributed by atoms with E-state index < -0.39 is 0 Å². The summed E-state index contributed by atoms with van der Waals surface area (Å²) in [7, 11) is 7.07. The summed E-state index contributed by atoms with van der Waals surface area (Å²) in [4.78, 5) is 30.3. The zero-order chi connectivity index (χ0) is 37.2. The molecule has 0 spiro atoms. The molecular formula is C40H61N5O4. The number of ketones is 1. The number of aliphatic imine (C=N–C) groups is 1. The van der Waals surface area contributed by atoms with Gasteiger partial charge in [0.2, 0.25) is 6.41 Å². The van der Waals surface area contributed by atoms with E-state index in [-0.39, 0.29) is 5.78 Å². The van der Waals surface area contributed by atoms with Crippen LogP contribution in [-0.2, 0) is 14.3 Å². The predicted molar refractivity (Wildman–Crippen MR) is 208 cm³/mol. The molecule has 1 amide bonds. The minimum Gasteiger partial charge on any atom is -0.496 e. The third-order valence-corrected chi connectivity index (χ3v) is 7.48. The standard InChI is InChI=1S/C25H32N4O2.C6H11NO.C4H8O.C3H4.C2H6/c1-17-15-22(13-14-23(17)31-5)29(16-30)25(27-3)24(18(2)26)28(4)21-11-9-20(10-12-21)19-7-6-8-19;1-6(8)4-3-5-7-2;1-2-4-5-3-1;1-3-2;1-2/h9-16,19H,6-8,26H2,1-5H3;3-4,7H,5H2,1-2H3;1-4H2;1H,2H3;1-2H3/b24-18-,27-25?;4-3+;;;. The average molecular weight is 676 g/mol. The number of nitrogens with one attached hydrogen (secondary N) is 1. The zero-order valence-corrected chi connectivity index (χ0v) is 31.6. The summed E-state index contributed by atoms with van der Waals surface area (Å²) < 4.78 is 10.3. The molecule has 1 saturated heterocycles. The Morgan fingerprint density at radius 3 is 2.04 bits per heavy atom. The van der Waals surface area contributed by atoms with E-state index in [1.165, 1.54) is 49.5 Å². The Balaban J connectivity index is 0.00000105. The van der Waals surface area contributed by atoms with Crippen molar-refractivity contribution < 1.29 is 19.1 Å². The highest BCUT2D eigenvalue weighted by Gasteiger charge is 2.24. The first-order valence-electron chi connectivity index (χ1n) is 17.0. The summed E-state index contributed by atoms with van der Waals surface area (Å²) in [6.07, 6.45) is 15.1. The SMILES string of the molecule is C#CC.C1CCOC1.CC.CN=C(/C(=C(\C)N)N(C)c1ccc(C2CCC2)cc1)N(C=O)c1ccc(OC)c(C)c1.CNC/C=C/C(C)=O. The van der Waals surface area contributed by atoms with Gasteiger partial charge in [-0.25, -0.2) is 0 Å². The molecule has 0 unspecified atom stereocenters. The van der Waals surface area contributed by atoms with E-state index in [1.54, 1.807) is 33.2 Å². The molecule has 0 aromatic heterocycles. The molecule has 1 heterocycles. The van der Waals surface area contributed by atoms with Crippen molar-refractivity contribution in [3.8, 4) is 18.1 Å². The highest BCUT2D eigenvalue weighted by molar-refractivity contribution is 6.19. The van der Waals surface area contributed by atoms with Crippen molar-refractivity contribution in [3.05, 3.63) is 77.1 Å². The van der Waals surface area contributed by atoms with Crippen LogP contribution in [0.15, 0.2) is 71.0 Å². The molecule has 49 heavy (non-hydrogen) atoms. The van der Waals surface area contributed by atoms with Crippen LogP contribution in [0.1, 0.15) is 83.8 Å². The normalized spacial score (nSPS) is 13.9. The number of carbonyl (C=O) groups excluding carboxylic acids is 2. The molecule has 4 rings (SSSR count). The minimum absolute atomic E-state index is 0.0975. The predicted octanol–water partition coefficient (Wildman–Crippen LogP) is 7.40. The van der Waals surface area contributed by atoms with Crippen LogP contribution in [0.4, 0.5) is 11.4 Å². The Labute approximate surface area is 296 Å². The van der Waals surface area contributed by atoms with Crippen LogP contribution in [0.2, 0.25) is 0 Å². The Hall–Kier alpha value is -4.39. The van der Waals surface area contributed by atoms with Gasteiger partial charge in [-0.1, -0.05) is 38.5 Å². The quantitative estimate of drug-likeness (QED) is 0.0888. The molecule has 9 nitrogen and oxygen atoms in total. The van der Waals surface area contributed by atoms with Crippen LogP contribution in [-0.4, -0.2) is 66.0 Å². The summed E-state index contributed by atoms with van der Waals surface area (Å²) >= 11 is 0. The molecule has 1 aliphatic heterocycles. The summed E-state index contributed by atoms with van der Waals surface area (Å²) in [5, 5.41) is 2.88. The number of methoxy groups -OCH3 is 1. The molecule has 2 aromatic rings. The van der Waals surface area contributed by atoms with E-state index in [0.29, 0.717) is 28.8 Å². The number of anilines is 2. The molecule has 0 bridgehead atoms. The first-order chi connectivity index (χ1) is 23.6. The van der Waals surface area contributed by atoms with Gasteiger partial charge in [0.05, 0.1) is 12.8 Å². The van der Waals surface area contributed by atoms with Gasteiger partial charge in [-0.3, -0.25) is 19.5 Å². The molecule has 0 radical (unpaired) electrons. The van der Waals surface area contributed by atoms with Crippen molar-refractivity contribution in [2.45, 2.75) is 79.6 Å². The maximum atomic E-state index is 12.1. The van der Waals surface area contributed by atoms with Crippen molar-refractivity contribution in [3.63, 3.8) is 0 Å². The lowest BCUT2D eigenvalue weighted by Crippen LogP contribution is -2.38. The van der Waals surface area contributed by atoms with E-state index >= 15 is 0 Å². The minimum atomic E-state index is 0.0975. The van der Waals surface area contributed by atoms with Gasteiger partial charge in [0.15, 0.2) is 11.6 Å². The number of likely N-dealkylation sites (N-methyl/N-ethyl adjacent to an activating group) is 2. The Kier molecular flexibility index (Phi) is 24.2. The number of allylic oxidation sites excluding steroid dienone is 2. The fourth-order valence-corrected chi connectivity index (χ4v) is 4.86. The second kappa shape index (κ2) is 26.6. The van der Waals surface area contributed by atoms with Gasteiger partial charge in [0.1, 0.15) is 11.4 Å². The number of amides is 1. The lowest BCUT2D eigenvalue weighted by molar-refractivity contribution is -0.112. The molecule has 2 aromatic carbocycles. The van der Waals surface area contributed by atoms with Crippen LogP contribution in [0.5, 0.6) is 5.75 Å². The third-order valence-electron chi connectivity index (χ3n) is 7.48. The van der Waals surface area contributed by atoms with Gasteiger partial charge >= 0.3 is 0 Å². The number of amidine groups is 1. The van der Waals surface area contributed by atoms with Crippen LogP contribution < -0.4 is 25.6 Å². The summed E-state index contributed by atoms with van der Waals surface area (Å²) in [6, 6.07) is 14.2. The first kappa shape index (κ1) is 44.6. The van der Waals surface area contributed by atoms with Gasteiger partial charge in [-0.15, -0.1) is 12.3 Å². The molecule has 1 aliphatic carbocycles. The van der Waals surface area contributed by atoms with Gasteiger partial charge in [-0.05, 0) is 114 Å². The molecule has 9 heteroatoms. The van der Waals surface area contributed by atoms with E-state index in [9.17, 15) is 9.59 Å². The number of benzene rings is 2. The van der Waals surface area contributed by atoms with Gasteiger partial charge in [-0.2, -0.15) is 0 Å². The topological polar surface area (TPSA) is 109 Å². The van der Waals surface area contributed by atoms with Crippen LogP contribution in [0.3, 0.4) is 0 Å². The second-order valence-electron chi connectivity index (χ2n) is 11.2. The number of nitrogens with zero attached hydrogens (tertiary/aromatic N) is 3. The monoisotopic (exact) mass is 675 g/mol. The molecule has 1 saturated carbocycles. The molecular weight excluding hydrogens is 614 g/mol. The maximum absolute atomic E-state index is 12.1. The first-order valence-corrected chi connectivity index (χ1v) is 17.0. The number of hydrogen-bond acceptors (Lipinski definition) is 8. The highest BCUT2D eigenvalue weighted by atomic mass is 16.5. The number of terminal acetylenes is 1. The average Bonchev–Trinajstić information content (AvgIpc) is 3.66. The lowest BCUT2D eigenvalue weighted by Gasteiger charge is -2.30. The largest absolute Gasteiger partial charge is 0.496 e. The number of hydrogen-bond donors (Lipinski definition) is 2. The summed E-state index contributed by atoms with van der Waals surface area (Å²) in [5.74, 6) is 4.27. The van der Waals surface area contributed by atoms with Crippen molar-refractivity contribution in [2.75, 3.05) is 57.8 Å². The lowest BCUT2D eigenvalue weighted by atomic mass is 9.80. The number of ether oxygens (including phenoxy) is 2. The fraction of sp³-hybridized carbons (Fsp3) is 0.475. The van der Waals surface area contributed by atoms with Crippen LogP contribution >= 0.6 is 0 Å². The molecule has 270 valence electrons. The van der Waals surface area contributed by atoms with Crippen LogP contribution in [0.25, 0.3) is 0 Å². The second-order valence-corrected chi connectivity index (χ2v) is 11.2. The van der Waals surface area contributed by atoms with Crippen molar-refractivity contribution >= 4 is 29.4 Å². The molecule has 0 atom stereocenters. The third kappa shape index (κ3) is 16.0. The Morgan fingerprint density at radius 2 is 1.67 bits per heavy atom. The summed E-state index contributed by atoms with van der Waals surface area (Å²) in [5.41, 5.74) is 11.5. The summed E-state index contributed by atoms with van der Waals surface area (Å²) in [6.45, 7) is 13.7. The molecule has 2 fully saturated rings. The van der Waals surface area contributed by atoms with E-state index in [0.717, 1.165) is 43.2 Å². The smallest absolute Gasteiger partial charge is 0.219 e. The van der Waals surface area contributed by atoms with Gasteiger partial charge in [0.25, 0.3) is 0 Å². The Morgan fingerprint density at radius 1 is 1.10 bits per heavy atom. The Bertz CT molecular complexity index is 1360. The van der Waals surface area contributed by atoms with E-state index in [1.807, 2.05) is 64.9 Å². The van der Waals surface area contributed by atoms with Gasteiger partial charge < -0.3 is 25.4 Å². The molecule has 3 N–H and O–H groups in total. The number of rotatable bonds is 10. The maximum Gasteiger partial charge on any atom is 0.219 e. The van der Waals surface area contributed by atoms with E-state index in [2.05, 4.69) is 46.9 Å². The number of aryl methyl sites for hydroxylation is 1. The van der Waals surface area contributed by atoms with Crippen LogP contribution in [0, 0.1) is 19.3 Å². The van der Waals surface area contributed by atoms with Crippen molar-refractivity contribution in [2.24, 2.45) is 10.7 Å². The highest BCUT2D eigenvalue weighted by Crippen LogP contribution is 2.37. The van der Waals surface area contributed by atoms with Crippen molar-refractivity contribution in [1.29, 1.82) is 0 Å².